The molecule has 0 radical (unpaired) electrons. The molecule has 2 atom stereocenters. The zero-order chi connectivity index (χ0) is 12.1. The fourth-order valence-electron chi connectivity index (χ4n) is 3.17. The molecule has 17 heavy (non-hydrogen) atoms. The first-order chi connectivity index (χ1) is 8.33. The van der Waals surface area contributed by atoms with Crippen molar-refractivity contribution >= 4 is 0 Å². The molecule has 2 aliphatic carbocycles. The number of hydrogen-bond acceptors (Lipinski definition) is 2. The van der Waals surface area contributed by atoms with Gasteiger partial charge in [0.2, 0.25) is 0 Å². The maximum Gasteiger partial charge on any atom is 0.0111 e. The van der Waals surface area contributed by atoms with Gasteiger partial charge in [0.25, 0.3) is 0 Å². The molecule has 2 rings (SSSR count). The Labute approximate surface area is 107 Å². The number of nitrogens with one attached hydrogen (secondary N) is 1. The first-order valence-corrected chi connectivity index (χ1v) is 7.80. The first-order valence-electron chi connectivity index (χ1n) is 7.80. The van der Waals surface area contributed by atoms with Gasteiger partial charge >= 0.3 is 0 Å². The van der Waals surface area contributed by atoms with Crippen LogP contribution in [0.1, 0.15) is 58.8 Å². The van der Waals surface area contributed by atoms with Gasteiger partial charge < -0.3 is 10.2 Å². The highest BCUT2D eigenvalue weighted by Crippen LogP contribution is 2.33. The van der Waals surface area contributed by atoms with Crippen molar-refractivity contribution in [2.45, 2.75) is 70.9 Å². The number of rotatable bonds is 8. The van der Waals surface area contributed by atoms with E-state index in [1.54, 1.807) is 0 Å². The summed E-state index contributed by atoms with van der Waals surface area (Å²) in [6.45, 7) is 8.49. The van der Waals surface area contributed by atoms with Crippen LogP contribution >= 0.6 is 0 Å². The van der Waals surface area contributed by atoms with Crippen molar-refractivity contribution in [2.24, 2.45) is 5.92 Å². The molecular formula is C15H30N2. The van der Waals surface area contributed by atoms with Crippen LogP contribution in [0.15, 0.2) is 0 Å². The van der Waals surface area contributed by atoms with Gasteiger partial charge in [-0.05, 0) is 64.0 Å². The van der Waals surface area contributed by atoms with Gasteiger partial charge in [0, 0.05) is 18.6 Å². The summed E-state index contributed by atoms with van der Waals surface area (Å²) in [7, 11) is 0. The molecule has 0 aromatic carbocycles. The Morgan fingerprint density at radius 3 is 2.53 bits per heavy atom. The summed E-state index contributed by atoms with van der Waals surface area (Å²) in [5.41, 5.74) is 0. The third-order valence-corrected chi connectivity index (χ3v) is 4.30. The molecule has 2 fully saturated rings. The molecule has 0 aliphatic heterocycles. The fraction of sp³-hybridized carbons (Fsp3) is 1.00. The summed E-state index contributed by atoms with van der Waals surface area (Å²) in [6, 6.07) is 1.68. The smallest absolute Gasteiger partial charge is 0.0111 e. The summed E-state index contributed by atoms with van der Waals surface area (Å²) in [5, 5.41) is 3.70. The van der Waals surface area contributed by atoms with Crippen LogP contribution in [0.5, 0.6) is 0 Å². The molecule has 0 amide bonds. The van der Waals surface area contributed by atoms with Gasteiger partial charge in [-0.1, -0.05) is 13.8 Å². The molecule has 0 saturated heterocycles. The highest BCUT2D eigenvalue weighted by molar-refractivity contribution is 4.89. The predicted octanol–water partition coefficient (Wildman–Crippen LogP) is 3.03. The molecule has 0 heterocycles. The zero-order valence-corrected chi connectivity index (χ0v) is 11.8. The fourth-order valence-corrected chi connectivity index (χ4v) is 3.17. The second-order valence-electron chi connectivity index (χ2n) is 6.06. The minimum Gasteiger partial charge on any atom is -0.314 e. The average molecular weight is 238 g/mol. The van der Waals surface area contributed by atoms with Gasteiger partial charge in [0.05, 0.1) is 0 Å². The summed E-state index contributed by atoms with van der Waals surface area (Å²) in [4.78, 5) is 2.80. The van der Waals surface area contributed by atoms with Crippen LogP contribution in [-0.4, -0.2) is 36.6 Å². The second-order valence-corrected chi connectivity index (χ2v) is 6.06. The lowest BCUT2D eigenvalue weighted by Crippen LogP contribution is -2.37. The molecule has 0 aromatic heterocycles. The largest absolute Gasteiger partial charge is 0.314 e. The molecule has 100 valence electrons. The van der Waals surface area contributed by atoms with Crippen molar-refractivity contribution in [3.8, 4) is 0 Å². The second kappa shape index (κ2) is 6.75. The van der Waals surface area contributed by atoms with E-state index in [2.05, 4.69) is 24.1 Å². The van der Waals surface area contributed by atoms with Gasteiger partial charge in [-0.25, -0.2) is 0 Å². The van der Waals surface area contributed by atoms with E-state index in [1.165, 1.54) is 64.6 Å². The monoisotopic (exact) mass is 238 g/mol. The lowest BCUT2D eigenvalue weighted by Gasteiger charge is -2.28. The van der Waals surface area contributed by atoms with Crippen LogP contribution in [0.4, 0.5) is 0 Å². The summed E-state index contributed by atoms with van der Waals surface area (Å²) in [6.07, 6.45) is 9.78. The highest BCUT2D eigenvalue weighted by Gasteiger charge is 2.32. The van der Waals surface area contributed by atoms with E-state index in [-0.39, 0.29) is 0 Å². The zero-order valence-electron chi connectivity index (χ0n) is 11.8. The van der Waals surface area contributed by atoms with Crippen molar-refractivity contribution in [1.29, 1.82) is 0 Å². The maximum absolute atomic E-state index is 3.70. The Morgan fingerprint density at radius 2 is 1.88 bits per heavy atom. The van der Waals surface area contributed by atoms with E-state index in [4.69, 9.17) is 0 Å². The maximum atomic E-state index is 3.70. The number of hydrogen-bond donors (Lipinski definition) is 1. The molecule has 2 nitrogen and oxygen atoms in total. The van der Waals surface area contributed by atoms with Gasteiger partial charge in [-0.2, -0.15) is 0 Å². The molecular weight excluding hydrogens is 208 g/mol. The summed E-state index contributed by atoms with van der Waals surface area (Å²) < 4.78 is 0. The highest BCUT2D eigenvalue weighted by atomic mass is 15.2. The van der Waals surface area contributed by atoms with Crippen molar-refractivity contribution in [3.05, 3.63) is 0 Å². The molecule has 2 heteroatoms. The van der Waals surface area contributed by atoms with Gasteiger partial charge in [-0.15, -0.1) is 0 Å². The minimum absolute atomic E-state index is 0.804. The van der Waals surface area contributed by atoms with E-state index < -0.39 is 0 Å². The Morgan fingerprint density at radius 1 is 1.06 bits per heavy atom. The van der Waals surface area contributed by atoms with E-state index >= 15 is 0 Å². The topological polar surface area (TPSA) is 15.3 Å². The van der Waals surface area contributed by atoms with Crippen LogP contribution in [0.3, 0.4) is 0 Å². The number of nitrogens with zero attached hydrogens (tertiary/aromatic N) is 1. The van der Waals surface area contributed by atoms with Crippen LogP contribution < -0.4 is 5.32 Å². The molecule has 0 aromatic rings. The van der Waals surface area contributed by atoms with Crippen molar-refractivity contribution < 1.29 is 0 Å². The van der Waals surface area contributed by atoms with Crippen LogP contribution in [0, 0.1) is 5.92 Å². The Hall–Kier alpha value is -0.0800. The lowest BCUT2D eigenvalue weighted by molar-refractivity contribution is 0.188. The third kappa shape index (κ3) is 4.26. The predicted molar refractivity (Wildman–Crippen MR) is 74.3 cm³/mol. The van der Waals surface area contributed by atoms with Crippen LogP contribution in [0.2, 0.25) is 0 Å². The van der Waals surface area contributed by atoms with Gasteiger partial charge in [0.1, 0.15) is 0 Å². The standard InChI is InChI=1S/C15H30N2/c1-3-9-16-14-7-8-15(11-14)17(10-4-2)12-13-5-6-13/h13-16H,3-12H2,1-2H3. The van der Waals surface area contributed by atoms with Crippen LogP contribution in [0.25, 0.3) is 0 Å². The lowest BCUT2D eigenvalue weighted by atomic mass is 10.1. The molecule has 1 N–H and O–H groups in total. The Kier molecular flexibility index (Phi) is 5.30. The van der Waals surface area contributed by atoms with Crippen molar-refractivity contribution in [1.82, 2.24) is 10.2 Å². The van der Waals surface area contributed by atoms with Crippen molar-refractivity contribution in [3.63, 3.8) is 0 Å². The van der Waals surface area contributed by atoms with E-state index in [0.717, 1.165) is 18.0 Å². The minimum atomic E-state index is 0.804. The summed E-state index contributed by atoms with van der Waals surface area (Å²) >= 11 is 0. The third-order valence-electron chi connectivity index (χ3n) is 4.30. The Bertz CT molecular complexity index is 213. The first kappa shape index (κ1) is 13.4. The van der Waals surface area contributed by atoms with Gasteiger partial charge in [0.15, 0.2) is 0 Å². The van der Waals surface area contributed by atoms with E-state index in [9.17, 15) is 0 Å². The van der Waals surface area contributed by atoms with Crippen molar-refractivity contribution in [2.75, 3.05) is 19.6 Å². The molecule has 0 bridgehead atoms. The SMILES string of the molecule is CCCNC1CCC(N(CCC)CC2CC2)C1. The van der Waals surface area contributed by atoms with E-state index in [0.29, 0.717) is 0 Å². The van der Waals surface area contributed by atoms with Crippen LogP contribution in [-0.2, 0) is 0 Å². The molecule has 0 spiro atoms. The van der Waals surface area contributed by atoms with E-state index in [1.807, 2.05) is 0 Å². The average Bonchev–Trinajstić information content (AvgIpc) is 3.03. The molecule has 2 unspecified atom stereocenters. The Balaban J connectivity index is 1.74. The normalized spacial score (nSPS) is 29.1. The quantitative estimate of drug-likeness (QED) is 0.699. The summed E-state index contributed by atoms with van der Waals surface area (Å²) in [5.74, 6) is 1.05. The molecule has 2 saturated carbocycles. The molecule has 2 aliphatic rings. The van der Waals surface area contributed by atoms with Gasteiger partial charge in [-0.3, -0.25) is 0 Å².